The first-order valence-electron chi connectivity index (χ1n) is 5.00. The van der Waals surface area contributed by atoms with Crippen molar-refractivity contribution >= 4 is 34.9 Å². The van der Waals surface area contributed by atoms with Crippen molar-refractivity contribution in [1.29, 1.82) is 0 Å². The number of fused-ring (bicyclic) bond motifs is 1. The number of hydrogen-bond donors (Lipinski definition) is 1. The van der Waals surface area contributed by atoms with E-state index in [4.69, 9.17) is 11.6 Å². The number of nitrogens with zero attached hydrogens (tertiary/aromatic N) is 2. The quantitative estimate of drug-likeness (QED) is 0.913. The van der Waals surface area contributed by atoms with Crippen LogP contribution in [0, 0.1) is 0 Å². The number of pyridine rings is 1. The molecule has 0 spiro atoms. The van der Waals surface area contributed by atoms with E-state index in [1.54, 1.807) is 12.1 Å². The average Bonchev–Trinajstić information content (AvgIpc) is 2.20. The van der Waals surface area contributed by atoms with E-state index in [-0.39, 0.29) is 18.2 Å². The molecule has 0 amide bonds. The van der Waals surface area contributed by atoms with Gasteiger partial charge in [0, 0.05) is 11.9 Å². The minimum atomic E-state index is 0. The number of aromatic hydroxyl groups is 1. The maximum atomic E-state index is 9.70. The van der Waals surface area contributed by atoms with Crippen LogP contribution in [0.25, 0.3) is 10.9 Å². The second kappa shape index (κ2) is 5.54. The molecular formula is C12H14Cl2N2O. The topological polar surface area (TPSA) is 36.4 Å². The second-order valence-corrected chi connectivity index (χ2v) is 4.41. The minimum Gasteiger partial charge on any atom is -0.506 e. The van der Waals surface area contributed by atoms with Crippen LogP contribution in [0.15, 0.2) is 24.3 Å². The van der Waals surface area contributed by atoms with Gasteiger partial charge in [-0.1, -0.05) is 23.7 Å². The lowest BCUT2D eigenvalue weighted by Crippen LogP contribution is -2.12. The first-order chi connectivity index (χ1) is 7.58. The molecule has 0 radical (unpaired) electrons. The molecule has 5 heteroatoms. The molecule has 0 fully saturated rings. The van der Waals surface area contributed by atoms with Crippen molar-refractivity contribution in [3.05, 3.63) is 35.0 Å². The van der Waals surface area contributed by atoms with Crippen LogP contribution in [0.5, 0.6) is 5.75 Å². The van der Waals surface area contributed by atoms with E-state index in [1.165, 1.54) is 0 Å². The summed E-state index contributed by atoms with van der Waals surface area (Å²) in [5, 5.41) is 11.2. The minimum absolute atomic E-state index is 0. The Kier molecular flexibility index (Phi) is 4.57. The van der Waals surface area contributed by atoms with Gasteiger partial charge in [-0.25, -0.2) is 4.98 Å². The van der Waals surface area contributed by atoms with E-state index < -0.39 is 0 Å². The fourth-order valence-corrected chi connectivity index (χ4v) is 1.83. The summed E-state index contributed by atoms with van der Waals surface area (Å²) in [5.41, 5.74) is 1.38. The van der Waals surface area contributed by atoms with Crippen molar-refractivity contribution < 1.29 is 5.11 Å². The van der Waals surface area contributed by atoms with Crippen LogP contribution in [-0.2, 0) is 6.54 Å². The molecule has 1 aromatic heterocycles. The monoisotopic (exact) mass is 272 g/mol. The zero-order valence-corrected chi connectivity index (χ0v) is 11.2. The molecule has 92 valence electrons. The highest BCUT2D eigenvalue weighted by Gasteiger charge is 2.08. The number of phenols is 1. The first kappa shape index (κ1) is 14.0. The number of halogens is 2. The zero-order chi connectivity index (χ0) is 11.7. The van der Waals surface area contributed by atoms with Crippen LogP contribution in [0.2, 0.25) is 5.02 Å². The van der Waals surface area contributed by atoms with E-state index in [1.807, 2.05) is 31.1 Å². The average molecular weight is 273 g/mol. The summed E-state index contributed by atoms with van der Waals surface area (Å²) in [4.78, 5) is 6.38. The van der Waals surface area contributed by atoms with E-state index in [0.29, 0.717) is 17.1 Å². The summed E-state index contributed by atoms with van der Waals surface area (Å²) in [6.07, 6.45) is 0. The Morgan fingerprint density at radius 2 is 2.06 bits per heavy atom. The summed E-state index contributed by atoms with van der Waals surface area (Å²) >= 11 is 6.13. The lowest BCUT2D eigenvalue weighted by molar-refractivity contribution is 0.397. The van der Waals surface area contributed by atoms with Crippen LogP contribution in [0.1, 0.15) is 5.69 Å². The number of rotatable bonds is 2. The number of para-hydroxylation sites is 1. The van der Waals surface area contributed by atoms with Gasteiger partial charge in [-0.3, -0.25) is 0 Å². The van der Waals surface area contributed by atoms with Crippen molar-refractivity contribution in [3.63, 3.8) is 0 Å². The van der Waals surface area contributed by atoms with E-state index >= 15 is 0 Å². The van der Waals surface area contributed by atoms with Crippen LogP contribution in [0.3, 0.4) is 0 Å². The number of hydrogen-bond acceptors (Lipinski definition) is 3. The maximum absolute atomic E-state index is 9.70. The molecule has 1 aromatic carbocycles. The van der Waals surface area contributed by atoms with Crippen molar-refractivity contribution in [2.24, 2.45) is 0 Å². The third kappa shape index (κ3) is 3.00. The normalized spacial score (nSPS) is 10.6. The van der Waals surface area contributed by atoms with Gasteiger partial charge in [-0.2, -0.15) is 0 Å². The number of aromatic nitrogens is 1. The van der Waals surface area contributed by atoms with Gasteiger partial charge in [-0.15, -0.1) is 12.4 Å². The summed E-state index contributed by atoms with van der Waals surface area (Å²) in [5.74, 6) is 0.189. The molecule has 0 unspecified atom stereocenters. The molecule has 2 aromatic rings. The molecule has 0 saturated heterocycles. The second-order valence-electron chi connectivity index (χ2n) is 4.00. The van der Waals surface area contributed by atoms with Gasteiger partial charge < -0.3 is 10.0 Å². The van der Waals surface area contributed by atoms with Crippen LogP contribution < -0.4 is 0 Å². The SMILES string of the molecule is CN(C)Cc1nc2c(O)cccc2cc1Cl.Cl. The molecular weight excluding hydrogens is 259 g/mol. The van der Waals surface area contributed by atoms with Gasteiger partial charge in [0.15, 0.2) is 0 Å². The molecule has 0 aliphatic carbocycles. The van der Waals surface area contributed by atoms with Crippen LogP contribution >= 0.6 is 24.0 Å². The fraction of sp³-hybridized carbons (Fsp3) is 0.250. The molecule has 1 N–H and O–H groups in total. The zero-order valence-electron chi connectivity index (χ0n) is 9.64. The fourth-order valence-electron chi connectivity index (χ4n) is 1.61. The van der Waals surface area contributed by atoms with Crippen LogP contribution in [-0.4, -0.2) is 29.1 Å². The Hall–Kier alpha value is -1.03. The molecule has 17 heavy (non-hydrogen) atoms. The van der Waals surface area contributed by atoms with Crippen molar-refractivity contribution in [2.75, 3.05) is 14.1 Å². The highest BCUT2D eigenvalue weighted by molar-refractivity contribution is 6.31. The molecule has 0 bridgehead atoms. The third-order valence-corrected chi connectivity index (χ3v) is 2.64. The smallest absolute Gasteiger partial charge is 0.141 e. The Morgan fingerprint density at radius 1 is 1.35 bits per heavy atom. The molecule has 0 aliphatic heterocycles. The van der Waals surface area contributed by atoms with Gasteiger partial charge in [0.25, 0.3) is 0 Å². The largest absolute Gasteiger partial charge is 0.506 e. The van der Waals surface area contributed by atoms with E-state index in [9.17, 15) is 5.11 Å². The standard InChI is InChI=1S/C12H13ClN2O.ClH/c1-15(2)7-10-9(13)6-8-4-3-5-11(16)12(8)14-10;/h3-6,16H,7H2,1-2H3;1H. The Bertz CT molecular complexity index is 529. The van der Waals surface area contributed by atoms with Gasteiger partial charge in [-0.05, 0) is 26.2 Å². The van der Waals surface area contributed by atoms with Crippen molar-refractivity contribution in [3.8, 4) is 5.75 Å². The summed E-state index contributed by atoms with van der Waals surface area (Å²) in [6.45, 7) is 0.656. The Balaban J connectivity index is 0.00000144. The summed E-state index contributed by atoms with van der Waals surface area (Å²) in [6, 6.07) is 7.12. The van der Waals surface area contributed by atoms with E-state index in [2.05, 4.69) is 4.98 Å². The highest BCUT2D eigenvalue weighted by Crippen LogP contribution is 2.27. The summed E-state index contributed by atoms with van der Waals surface area (Å²) < 4.78 is 0. The third-order valence-electron chi connectivity index (χ3n) is 2.32. The molecule has 1 heterocycles. The molecule has 2 rings (SSSR count). The number of benzene rings is 1. The lowest BCUT2D eigenvalue weighted by Gasteiger charge is -2.11. The predicted octanol–water partition coefficient (Wildman–Crippen LogP) is 3.08. The molecule has 0 atom stereocenters. The summed E-state index contributed by atoms with van der Waals surface area (Å²) in [7, 11) is 3.90. The molecule has 0 aliphatic rings. The lowest BCUT2D eigenvalue weighted by atomic mass is 10.2. The van der Waals surface area contributed by atoms with Crippen LogP contribution in [0.4, 0.5) is 0 Å². The highest BCUT2D eigenvalue weighted by atomic mass is 35.5. The van der Waals surface area contributed by atoms with Gasteiger partial charge >= 0.3 is 0 Å². The Morgan fingerprint density at radius 3 is 2.71 bits per heavy atom. The predicted molar refractivity (Wildman–Crippen MR) is 73.1 cm³/mol. The van der Waals surface area contributed by atoms with Crippen molar-refractivity contribution in [1.82, 2.24) is 9.88 Å². The van der Waals surface area contributed by atoms with Gasteiger partial charge in [0.1, 0.15) is 11.3 Å². The molecule has 3 nitrogen and oxygen atoms in total. The van der Waals surface area contributed by atoms with Crippen molar-refractivity contribution in [2.45, 2.75) is 6.54 Å². The van der Waals surface area contributed by atoms with Gasteiger partial charge in [0.05, 0.1) is 10.7 Å². The molecule has 0 saturated carbocycles. The maximum Gasteiger partial charge on any atom is 0.141 e. The Labute approximate surface area is 111 Å². The first-order valence-corrected chi connectivity index (χ1v) is 5.37. The van der Waals surface area contributed by atoms with Gasteiger partial charge in [0.2, 0.25) is 0 Å². The number of phenolic OH excluding ortho intramolecular Hbond substituents is 1. The van der Waals surface area contributed by atoms with E-state index in [0.717, 1.165) is 11.1 Å².